The van der Waals surface area contributed by atoms with E-state index >= 15 is 0 Å². The fourth-order valence-corrected chi connectivity index (χ4v) is 2.28. The van der Waals surface area contributed by atoms with E-state index in [4.69, 9.17) is 11.6 Å². The maximum atomic E-state index is 6.04. The molecule has 2 aromatic rings. The molecule has 3 rings (SSSR count). The van der Waals surface area contributed by atoms with E-state index in [0.29, 0.717) is 11.2 Å². The molecule has 4 nitrogen and oxygen atoms in total. The highest BCUT2D eigenvalue weighted by molar-refractivity contribution is 6.30. The van der Waals surface area contributed by atoms with Gasteiger partial charge in [0.25, 0.3) is 0 Å². The van der Waals surface area contributed by atoms with Crippen LogP contribution in [0.25, 0.3) is 11.0 Å². The third-order valence-corrected chi connectivity index (χ3v) is 3.39. The van der Waals surface area contributed by atoms with Crippen molar-refractivity contribution >= 4 is 28.5 Å². The Morgan fingerprint density at radius 1 is 1.41 bits per heavy atom. The van der Waals surface area contributed by atoms with Crippen molar-refractivity contribution in [2.75, 3.05) is 11.4 Å². The molecule has 1 saturated heterocycles. The van der Waals surface area contributed by atoms with Gasteiger partial charge in [-0.05, 0) is 20.3 Å². The Kier molecular flexibility index (Phi) is 2.40. The van der Waals surface area contributed by atoms with Gasteiger partial charge in [0.1, 0.15) is 10.7 Å². The Labute approximate surface area is 105 Å². The lowest BCUT2D eigenvalue weighted by molar-refractivity contribution is 0.477. The van der Waals surface area contributed by atoms with Gasteiger partial charge in [-0.2, -0.15) is 0 Å². The largest absolute Gasteiger partial charge is 0.352 e. The number of halogens is 1. The van der Waals surface area contributed by atoms with E-state index in [1.807, 2.05) is 6.92 Å². The summed E-state index contributed by atoms with van der Waals surface area (Å²) >= 11 is 6.04. The number of hydrogen-bond donors (Lipinski definition) is 0. The minimum absolute atomic E-state index is 0.478. The number of rotatable bonds is 1. The van der Waals surface area contributed by atoms with E-state index in [-0.39, 0.29) is 0 Å². The van der Waals surface area contributed by atoms with Crippen LogP contribution in [-0.4, -0.2) is 27.5 Å². The van der Waals surface area contributed by atoms with Crippen LogP contribution < -0.4 is 4.90 Å². The van der Waals surface area contributed by atoms with Gasteiger partial charge in [-0.1, -0.05) is 11.6 Å². The molecule has 0 saturated carbocycles. The maximum Gasteiger partial charge on any atom is 0.158 e. The Morgan fingerprint density at radius 2 is 2.24 bits per heavy atom. The number of fused-ring (bicyclic) bond motifs is 1. The average molecular weight is 249 g/mol. The first kappa shape index (κ1) is 10.7. The van der Waals surface area contributed by atoms with Crippen LogP contribution in [0.15, 0.2) is 12.3 Å². The lowest BCUT2D eigenvalue weighted by atomic mass is 10.1. The van der Waals surface area contributed by atoms with Crippen LogP contribution in [0.2, 0.25) is 5.15 Å². The standard InChI is InChI=1S/C12H13ClN4/c1-7-6-14-11-9(15-7)5-10(13)16-12(11)17-4-3-8(17)2/h5-6,8H,3-4H2,1-2H3. The van der Waals surface area contributed by atoms with Gasteiger partial charge in [0.05, 0.1) is 11.2 Å². The number of aromatic nitrogens is 3. The Balaban J connectivity index is 2.22. The van der Waals surface area contributed by atoms with Crippen LogP contribution in [0.4, 0.5) is 5.82 Å². The van der Waals surface area contributed by atoms with Gasteiger partial charge in [0.15, 0.2) is 5.82 Å². The highest BCUT2D eigenvalue weighted by Gasteiger charge is 2.27. The van der Waals surface area contributed by atoms with E-state index in [9.17, 15) is 0 Å². The molecule has 1 unspecified atom stereocenters. The summed E-state index contributed by atoms with van der Waals surface area (Å²) in [5.41, 5.74) is 2.55. The molecule has 0 N–H and O–H groups in total. The van der Waals surface area contributed by atoms with E-state index < -0.39 is 0 Å². The van der Waals surface area contributed by atoms with Crippen LogP contribution >= 0.6 is 11.6 Å². The van der Waals surface area contributed by atoms with Crippen molar-refractivity contribution in [3.63, 3.8) is 0 Å². The monoisotopic (exact) mass is 248 g/mol. The van der Waals surface area contributed by atoms with Crippen molar-refractivity contribution in [1.82, 2.24) is 15.0 Å². The molecular weight excluding hydrogens is 236 g/mol. The smallest absolute Gasteiger partial charge is 0.158 e. The third kappa shape index (κ3) is 1.72. The van der Waals surface area contributed by atoms with Crippen molar-refractivity contribution in [1.29, 1.82) is 0 Å². The first-order chi connectivity index (χ1) is 8.15. The van der Waals surface area contributed by atoms with Crippen molar-refractivity contribution in [3.05, 3.63) is 23.1 Å². The SMILES string of the molecule is Cc1cnc2c(N3CCC3C)nc(Cl)cc2n1. The second-order valence-electron chi connectivity index (χ2n) is 4.48. The quantitative estimate of drug-likeness (QED) is 0.728. The maximum absolute atomic E-state index is 6.04. The molecule has 1 aliphatic rings. The number of aryl methyl sites for hydroxylation is 1. The summed E-state index contributed by atoms with van der Waals surface area (Å²) in [7, 11) is 0. The topological polar surface area (TPSA) is 41.9 Å². The molecule has 0 radical (unpaired) electrons. The molecule has 1 aliphatic heterocycles. The number of pyridine rings is 1. The van der Waals surface area contributed by atoms with Gasteiger partial charge >= 0.3 is 0 Å². The molecule has 0 spiro atoms. The first-order valence-corrected chi connectivity index (χ1v) is 6.09. The molecule has 5 heteroatoms. The highest BCUT2D eigenvalue weighted by atomic mass is 35.5. The van der Waals surface area contributed by atoms with Gasteiger partial charge < -0.3 is 4.90 Å². The second-order valence-corrected chi connectivity index (χ2v) is 4.87. The molecule has 2 aromatic heterocycles. The zero-order valence-corrected chi connectivity index (χ0v) is 10.6. The second kappa shape index (κ2) is 3.81. The van der Waals surface area contributed by atoms with Crippen molar-refractivity contribution in [3.8, 4) is 0 Å². The van der Waals surface area contributed by atoms with Crippen LogP contribution in [-0.2, 0) is 0 Å². The summed E-state index contributed by atoms with van der Waals surface area (Å²) in [5, 5.41) is 0.478. The average Bonchev–Trinajstić information content (AvgIpc) is 2.26. The van der Waals surface area contributed by atoms with E-state index in [2.05, 4.69) is 26.8 Å². The predicted molar refractivity (Wildman–Crippen MR) is 68.5 cm³/mol. The normalized spacial score (nSPS) is 19.5. The van der Waals surface area contributed by atoms with Crippen LogP contribution in [0.5, 0.6) is 0 Å². The number of hydrogen-bond acceptors (Lipinski definition) is 4. The van der Waals surface area contributed by atoms with Gasteiger partial charge in [0.2, 0.25) is 0 Å². The van der Waals surface area contributed by atoms with Gasteiger partial charge in [-0.25, -0.2) is 15.0 Å². The Morgan fingerprint density at radius 3 is 2.88 bits per heavy atom. The summed E-state index contributed by atoms with van der Waals surface area (Å²) in [6.45, 7) is 5.12. The molecular formula is C12H13ClN4. The number of anilines is 1. The molecule has 1 fully saturated rings. The van der Waals surface area contributed by atoms with Crippen LogP contribution in [0, 0.1) is 6.92 Å². The van der Waals surface area contributed by atoms with Gasteiger partial charge in [-0.15, -0.1) is 0 Å². The fourth-order valence-electron chi connectivity index (χ4n) is 2.10. The van der Waals surface area contributed by atoms with Gasteiger partial charge in [0, 0.05) is 24.8 Å². The third-order valence-electron chi connectivity index (χ3n) is 3.19. The predicted octanol–water partition coefficient (Wildman–Crippen LogP) is 2.59. The highest BCUT2D eigenvalue weighted by Crippen LogP contribution is 2.31. The fraction of sp³-hybridized carbons (Fsp3) is 0.417. The molecule has 17 heavy (non-hydrogen) atoms. The van der Waals surface area contributed by atoms with Gasteiger partial charge in [-0.3, -0.25) is 0 Å². The van der Waals surface area contributed by atoms with Crippen LogP contribution in [0.3, 0.4) is 0 Å². The number of nitrogens with zero attached hydrogens (tertiary/aromatic N) is 4. The van der Waals surface area contributed by atoms with Crippen molar-refractivity contribution in [2.45, 2.75) is 26.3 Å². The van der Waals surface area contributed by atoms with Crippen LogP contribution in [0.1, 0.15) is 19.0 Å². The lowest BCUT2D eigenvalue weighted by Gasteiger charge is -2.39. The van der Waals surface area contributed by atoms with E-state index in [1.165, 1.54) is 6.42 Å². The molecule has 0 aromatic carbocycles. The molecule has 3 heterocycles. The summed E-state index contributed by atoms with van der Waals surface area (Å²) in [4.78, 5) is 15.5. The Bertz CT molecular complexity index is 579. The molecule has 88 valence electrons. The minimum atomic E-state index is 0.478. The lowest BCUT2D eigenvalue weighted by Crippen LogP contribution is -2.46. The minimum Gasteiger partial charge on any atom is -0.352 e. The summed E-state index contributed by atoms with van der Waals surface area (Å²) < 4.78 is 0. The van der Waals surface area contributed by atoms with Crippen molar-refractivity contribution < 1.29 is 0 Å². The Hall–Kier alpha value is -1.42. The molecule has 0 bridgehead atoms. The zero-order chi connectivity index (χ0) is 12.0. The molecule has 1 atom stereocenters. The van der Waals surface area contributed by atoms with Crippen molar-refractivity contribution in [2.24, 2.45) is 0 Å². The molecule has 0 aliphatic carbocycles. The summed E-state index contributed by atoms with van der Waals surface area (Å²) in [6, 6.07) is 2.28. The summed E-state index contributed by atoms with van der Waals surface area (Å²) in [6.07, 6.45) is 2.96. The first-order valence-electron chi connectivity index (χ1n) is 5.71. The summed E-state index contributed by atoms with van der Waals surface area (Å²) in [5.74, 6) is 0.860. The zero-order valence-electron chi connectivity index (χ0n) is 9.81. The van der Waals surface area contributed by atoms with E-state index in [1.54, 1.807) is 12.3 Å². The molecule has 0 amide bonds. The van der Waals surface area contributed by atoms with E-state index in [0.717, 1.165) is 29.1 Å².